The first-order valence-electron chi connectivity index (χ1n) is 11.0. The molecule has 4 bridgehead atoms. The SMILES string of the molecule is CCCCCN(CCC12CC3CC(CC(C3)C1)C2)C(=O)COCC(=O)OC. The van der Waals surface area contributed by atoms with Crippen LogP contribution in [-0.2, 0) is 19.1 Å². The van der Waals surface area contributed by atoms with Gasteiger partial charge in [0.2, 0.25) is 5.91 Å². The number of ether oxygens (including phenoxy) is 2. The number of amides is 1. The molecule has 0 radical (unpaired) electrons. The molecule has 5 heteroatoms. The largest absolute Gasteiger partial charge is 0.467 e. The molecule has 0 unspecified atom stereocenters. The van der Waals surface area contributed by atoms with Crippen LogP contribution in [0.25, 0.3) is 0 Å². The third-order valence-electron chi connectivity index (χ3n) is 7.13. The van der Waals surface area contributed by atoms with Crippen LogP contribution in [0.4, 0.5) is 0 Å². The van der Waals surface area contributed by atoms with E-state index in [0.717, 1.165) is 56.5 Å². The van der Waals surface area contributed by atoms with Gasteiger partial charge in [0.1, 0.15) is 13.2 Å². The van der Waals surface area contributed by atoms with Gasteiger partial charge in [-0.3, -0.25) is 4.79 Å². The first-order valence-corrected chi connectivity index (χ1v) is 11.0. The van der Waals surface area contributed by atoms with Crippen molar-refractivity contribution < 1.29 is 19.1 Å². The Balaban J connectivity index is 1.51. The highest BCUT2D eigenvalue weighted by Gasteiger charge is 2.50. The second-order valence-electron chi connectivity index (χ2n) is 9.32. The van der Waals surface area contributed by atoms with Gasteiger partial charge in [-0.15, -0.1) is 0 Å². The van der Waals surface area contributed by atoms with Gasteiger partial charge in [-0.1, -0.05) is 19.8 Å². The number of methoxy groups -OCH3 is 1. The zero-order valence-electron chi connectivity index (χ0n) is 17.2. The van der Waals surface area contributed by atoms with E-state index < -0.39 is 5.97 Å². The van der Waals surface area contributed by atoms with Crippen molar-refractivity contribution in [3.05, 3.63) is 0 Å². The molecule has 4 aliphatic rings. The average Bonchev–Trinajstić information content (AvgIpc) is 2.63. The molecule has 4 rings (SSSR count). The quantitative estimate of drug-likeness (QED) is 0.405. The summed E-state index contributed by atoms with van der Waals surface area (Å²) >= 11 is 0. The summed E-state index contributed by atoms with van der Waals surface area (Å²) in [5.74, 6) is 2.42. The van der Waals surface area contributed by atoms with Crippen LogP contribution in [0.5, 0.6) is 0 Å². The zero-order valence-corrected chi connectivity index (χ0v) is 17.2. The summed E-state index contributed by atoms with van der Waals surface area (Å²) in [6.45, 7) is 3.65. The van der Waals surface area contributed by atoms with E-state index in [4.69, 9.17) is 4.74 Å². The predicted octanol–water partition coefficient (Wildman–Crippen LogP) is 3.80. The van der Waals surface area contributed by atoms with Crippen molar-refractivity contribution in [2.75, 3.05) is 33.4 Å². The fourth-order valence-corrected chi connectivity index (χ4v) is 6.25. The molecule has 0 aromatic carbocycles. The van der Waals surface area contributed by atoms with Crippen LogP contribution in [0.3, 0.4) is 0 Å². The van der Waals surface area contributed by atoms with Gasteiger partial charge in [-0.05, 0) is 74.5 Å². The van der Waals surface area contributed by atoms with Gasteiger partial charge in [0.05, 0.1) is 7.11 Å². The summed E-state index contributed by atoms with van der Waals surface area (Å²) < 4.78 is 9.83. The number of nitrogens with zero attached hydrogens (tertiary/aromatic N) is 1. The fraction of sp³-hybridized carbons (Fsp3) is 0.909. The lowest BCUT2D eigenvalue weighted by molar-refractivity contribution is -0.149. The predicted molar refractivity (Wildman–Crippen MR) is 104 cm³/mol. The standard InChI is InChI=1S/C22H37NO4/c1-3-4-5-7-23(20(24)15-27-16-21(25)26-2)8-6-22-12-17-9-18(13-22)11-19(10-17)14-22/h17-19H,3-16H2,1-2H3. The zero-order chi connectivity index (χ0) is 19.3. The number of carbonyl (C=O) groups excluding carboxylic acids is 2. The Bertz CT molecular complexity index is 483. The Hall–Kier alpha value is -1.10. The molecule has 0 aromatic rings. The Morgan fingerprint density at radius 1 is 0.963 bits per heavy atom. The van der Waals surface area contributed by atoms with Gasteiger partial charge in [0.15, 0.2) is 0 Å². The first kappa shape index (κ1) is 20.6. The monoisotopic (exact) mass is 379 g/mol. The summed E-state index contributed by atoms with van der Waals surface area (Å²) in [6.07, 6.45) is 13.0. The number of carbonyl (C=O) groups is 2. The molecule has 0 aromatic heterocycles. The smallest absolute Gasteiger partial charge is 0.331 e. The molecule has 27 heavy (non-hydrogen) atoms. The van der Waals surface area contributed by atoms with Crippen LogP contribution in [0.2, 0.25) is 0 Å². The van der Waals surface area contributed by atoms with Crippen LogP contribution < -0.4 is 0 Å². The molecule has 0 N–H and O–H groups in total. The Morgan fingerprint density at radius 3 is 2.15 bits per heavy atom. The Morgan fingerprint density at radius 2 is 1.59 bits per heavy atom. The maximum absolute atomic E-state index is 12.7. The van der Waals surface area contributed by atoms with Crippen molar-refractivity contribution in [3.63, 3.8) is 0 Å². The van der Waals surface area contributed by atoms with Gasteiger partial charge in [-0.25, -0.2) is 4.79 Å². The van der Waals surface area contributed by atoms with Gasteiger partial charge >= 0.3 is 5.97 Å². The normalized spacial score (nSPS) is 31.1. The average molecular weight is 380 g/mol. The third-order valence-corrected chi connectivity index (χ3v) is 7.13. The summed E-state index contributed by atoms with van der Waals surface area (Å²) in [7, 11) is 1.33. The summed E-state index contributed by atoms with van der Waals surface area (Å²) in [6, 6.07) is 0. The molecular formula is C22H37NO4. The highest BCUT2D eigenvalue weighted by Crippen LogP contribution is 2.61. The second-order valence-corrected chi connectivity index (χ2v) is 9.32. The lowest BCUT2D eigenvalue weighted by Gasteiger charge is -2.57. The van der Waals surface area contributed by atoms with Crippen molar-refractivity contribution in [1.82, 2.24) is 4.90 Å². The molecule has 5 nitrogen and oxygen atoms in total. The molecule has 0 aliphatic heterocycles. The van der Waals surface area contributed by atoms with E-state index in [2.05, 4.69) is 11.7 Å². The molecule has 0 atom stereocenters. The summed E-state index contributed by atoms with van der Waals surface area (Å²) in [4.78, 5) is 25.9. The fourth-order valence-electron chi connectivity index (χ4n) is 6.25. The first-order chi connectivity index (χ1) is 13.0. The number of hydrogen-bond acceptors (Lipinski definition) is 4. The molecule has 0 heterocycles. The number of unbranched alkanes of at least 4 members (excludes halogenated alkanes) is 2. The van der Waals surface area contributed by atoms with E-state index in [1.54, 1.807) is 0 Å². The van der Waals surface area contributed by atoms with E-state index in [1.807, 2.05) is 4.90 Å². The highest BCUT2D eigenvalue weighted by atomic mass is 16.6. The van der Waals surface area contributed by atoms with E-state index >= 15 is 0 Å². The van der Waals surface area contributed by atoms with E-state index in [0.29, 0.717) is 5.41 Å². The molecule has 4 saturated carbocycles. The molecule has 4 fully saturated rings. The van der Waals surface area contributed by atoms with Crippen molar-refractivity contribution in [2.45, 2.75) is 71.1 Å². The van der Waals surface area contributed by atoms with Crippen LogP contribution in [0.15, 0.2) is 0 Å². The van der Waals surface area contributed by atoms with Crippen molar-refractivity contribution in [1.29, 1.82) is 0 Å². The second kappa shape index (κ2) is 9.40. The maximum atomic E-state index is 12.7. The van der Waals surface area contributed by atoms with E-state index in [-0.39, 0.29) is 19.1 Å². The van der Waals surface area contributed by atoms with Crippen molar-refractivity contribution >= 4 is 11.9 Å². The van der Waals surface area contributed by atoms with Gasteiger partial charge in [0, 0.05) is 13.1 Å². The van der Waals surface area contributed by atoms with Gasteiger partial charge < -0.3 is 14.4 Å². The Labute approximate surface area is 164 Å². The topological polar surface area (TPSA) is 55.8 Å². The lowest BCUT2D eigenvalue weighted by Crippen LogP contribution is -2.48. The maximum Gasteiger partial charge on any atom is 0.331 e. The third kappa shape index (κ3) is 5.46. The van der Waals surface area contributed by atoms with E-state index in [9.17, 15) is 9.59 Å². The summed E-state index contributed by atoms with van der Waals surface area (Å²) in [5.41, 5.74) is 0.491. The minimum absolute atomic E-state index is 0.0136. The van der Waals surface area contributed by atoms with Crippen LogP contribution >= 0.6 is 0 Å². The molecule has 1 amide bonds. The Kier molecular flexibility index (Phi) is 7.18. The molecular weight excluding hydrogens is 342 g/mol. The minimum Gasteiger partial charge on any atom is -0.467 e. The van der Waals surface area contributed by atoms with Crippen LogP contribution in [0, 0.1) is 23.2 Å². The van der Waals surface area contributed by atoms with Gasteiger partial charge in [0.25, 0.3) is 0 Å². The molecule has 4 aliphatic carbocycles. The molecule has 0 spiro atoms. The number of esters is 1. The van der Waals surface area contributed by atoms with Crippen LogP contribution in [-0.4, -0.2) is 50.2 Å². The number of rotatable bonds is 11. The van der Waals surface area contributed by atoms with Crippen LogP contribution in [0.1, 0.15) is 71.1 Å². The minimum atomic E-state index is -0.436. The van der Waals surface area contributed by atoms with E-state index in [1.165, 1.54) is 45.6 Å². The van der Waals surface area contributed by atoms with Gasteiger partial charge in [-0.2, -0.15) is 0 Å². The highest BCUT2D eigenvalue weighted by molar-refractivity contribution is 5.78. The lowest BCUT2D eigenvalue weighted by atomic mass is 9.49. The van der Waals surface area contributed by atoms with Crippen molar-refractivity contribution in [3.8, 4) is 0 Å². The van der Waals surface area contributed by atoms with Crippen molar-refractivity contribution in [2.24, 2.45) is 23.2 Å². The summed E-state index contributed by atoms with van der Waals surface area (Å²) in [5, 5.41) is 0. The molecule has 0 saturated heterocycles. The molecule has 154 valence electrons. The number of hydrogen-bond donors (Lipinski definition) is 0.